The highest BCUT2D eigenvalue weighted by Crippen LogP contribution is 2.39. The second-order valence-corrected chi connectivity index (χ2v) is 4.22. The lowest BCUT2D eigenvalue weighted by molar-refractivity contribution is 0.135. The molecule has 0 radical (unpaired) electrons. The molecule has 1 heterocycles. The zero-order valence-corrected chi connectivity index (χ0v) is 8.44. The van der Waals surface area contributed by atoms with Gasteiger partial charge in [0.15, 0.2) is 11.6 Å². The number of allylic oxidation sites excluding steroid dienone is 3. The molecule has 0 saturated heterocycles. The first-order valence-corrected chi connectivity index (χ1v) is 4.95. The Labute approximate surface area is 82.4 Å². The number of alkyl halides is 1. The van der Waals surface area contributed by atoms with Gasteiger partial charge in [-0.2, -0.15) is 0 Å². The van der Waals surface area contributed by atoms with Crippen LogP contribution >= 0.6 is 0 Å². The van der Waals surface area contributed by atoms with E-state index in [1.54, 1.807) is 0 Å². The summed E-state index contributed by atoms with van der Waals surface area (Å²) in [6.45, 7) is 4.06. The van der Waals surface area contributed by atoms with E-state index >= 15 is 0 Å². The second kappa shape index (κ2) is 3.37. The predicted molar refractivity (Wildman–Crippen MR) is 50.1 cm³/mol. The molecule has 2 rings (SSSR count). The SMILES string of the molecule is CC1=C(F)C2=C(CC(C)CO2)C[C@@H]1F. The van der Waals surface area contributed by atoms with Crippen molar-refractivity contribution in [3.8, 4) is 0 Å². The Kier molecular flexibility index (Phi) is 2.33. The molecule has 0 saturated carbocycles. The Morgan fingerprint density at radius 1 is 1.36 bits per heavy atom. The van der Waals surface area contributed by atoms with E-state index in [1.165, 1.54) is 6.92 Å². The van der Waals surface area contributed by atoms with Crippen LogP contribution in [0.5, 0.6) is 0 Å². The number of halogens is 2. The molecular formula is C11H14F2O. The molecular weight excluding hydrogens is 186 g/mol. The van der Waals surface area contributed by atoms with Gasteiger partial charge in [0.1, 0.15) is 6.17 Å². The van der Waals surface area contributed by atoms with Crippen molar-refractivity contribution >= 4 is 0 Å². The van der Waals surface area contributed by atoms with Crippen LogP contribution in [0.25, 0.3) is 0 Å². The van der Waals surface area contributed by atoms with Crippen molar-refractivity contribution < 1.29 is 13.5 Å². The van der Waals surface area contributed by atoms with Crippen LogP contribution in [0.1, 0.15) is 26.7 Å². The zero-order valence-electron chi connectivity index (χ0n) is 8.44. The molecule has 0 aromatic heterocycles. The monoisotopic (exact) mass is 200 g/mol. The van der Waals surface area contributed by atoms with Crippen molar-refractivity contribution in [3.63, 3.8) is 0 Å². The fourth-order valence-electron chi connectivity index (χ4n) is 1.98. The molecule has 0 spiro atoms. The van der Waals surface area contributed by atoms with Crippen molar-refractivity contribution in [2.45, 2.75) is 32.9 Å². The summed E-state index contributed by atoms with van der Waals surface area (Å²) >= 11 is 0. The van der Waals surface area contributed by atoms with Gasteiger partial charge < -0.3 is 4.74 Å². The molecule has 3 heteroatoms. The molecule has 1 aliphatic carbocycles. The Bertz CT molecular complexity index is 317. The third kappa shape index (κ3) is 1.45. The van der Waals surface area contributed by atoms with E-state index in [0.29, 0.717) is 24.7 Å². The molecule has 78 valence electrons. The average Bonchev–Trinajstić information content (AvgIpc) is 2.14. The van der Waals surface area contributed by atoms with Gasteiger partial charge >= 0.3 is 0 Å². The summed E-state index contributed by atoms with van der Waals surface area (Å²) in [6, 6.07) is 0. The van der Waals surface area contributed by atoms with Gasteiger partial charge in [-0.3, -0.25) is 0 Å². The van der Waals surface area contributed by atoms with Crippen LogP contribution in [-0.4, -0.2) is 12.8 Å². The lowest BCUT2D eigenvalue weighted by Gasteiger charge is -2.29. The molecule has 1 aliphatic heterocycles. The van der Waals surface area contributed by atoms with Crippen LogP contribution in [0, 0.1) is 5.92 Å². The quantitative estimate of drug-likeness (QED) is 0.583. The molecule has 0 bridgehead atoms. The van der Waals surface area contributed by atoms with E-state index in [-0.39, 0.29) is 5.57 Å². The number of rotatable bonds is 0. The highest BCUT2D eigenvalue weighted by Gasteiger charge is 2.31. The van der Waals surface area contributed by atoms with Crippen molar-refractivity contribution in [3.05, 3.63) is 22.7 Å². The van der Waals surface area contributed by atoms with E-state index in [9.17, 15) is 8.78 Å². The second-order valence-electron chi connectivity index (χ2n) is 4.22. The summed E-state index contributed by atoms with van der Waals surface area (Å²) in [5, 5.41) is 0. The van der Waals surface area contributed by atoms with Gasteiger partial charge in [0.05, 0.1) is 6.61 Å². The van der Waals surface area contributed by atoms with Crippen LogP contribution < -0.4 is 0 Å². The van der Waals surface area contributed by atoms with Crippen LogP contribution in [0.2, 0.25) is 0 Å². The topological polar surface area (TPSA) is 9.23 Å². The van der Waals surface area contributed by atoms with Crippen molar-refractivity contribution in [1.82, 2.24) is 0 Å². The van der Waals surface area contributed by atoms with Crippen molar-refractivity contribution in [1.29, 1.82) is 0 Å². The first-order chi connectivity index (χ1) is 6.59. The largest absolute Gasteiger partial charge is 0.490 e. The molecule has 0 N–H and O–H groups in total. The first kappa shape index (κ1) is 9.69. The van der Waals surface area contributed by atoms with Crippen LogP contribution in [0.4, 0.5) is 8.78 Å². The zero-order chi connectivity index (χ0) is 10.3. The molecule has 0 aromatic rings. The summed E-state index contributed by atoms with van der Waals surface area (Å²) in [7, 11) is 0. The fourth-order valence-corrected chi connectivity index (χ4v) is 1.98. The minimum absolute atomic E-state index is 0.179. The maximum absolute atomic E-state index is 13.5. The van der Waals surface area contributed by atoms with Crippen LogP contribution in [0.3, 0.4) is 0 Å². The summed E-state index contributed by atoms with van der Waals surface area (Å²) < 4.78 is 32.2. The smallest absolute Gasteiger partial charge is 0.166 e. The molecule has 14 heavy (non-hydrogen) atoms. The van der Waals surface area contributed by atoms with Crippen LogP contribution in [0.15, 0.2) is 22.7 Å². The molecule has 1 nitrogen and oxygen atoms in total. The van der Waals surface area contributed by atoms with Gasteiger partial charge in [-0.1, -0.05) is 6.92 Å². The average molecular weight is 200 g/mol. The lowest BCUT2D eigenvalue weighted by atomic mass is 9.88. The molecule has 1 unspecified atom stereocenters. The minimum Gasteiger partial charge on any atom is -0.490 e. The van der Waals surface area contributed by atoms with Gasteiger partial charge in [-0.15, -0.1) is 0 Å². The van der Waals surface area contributed by atoms with E-state index in [1.807, 2.05) is 6.92 Å². The van der Waals surface area contributed by atoms with E-state index in [4.69, 9.17) is 4.74 Å². The van der Waals surface area contributed by atoms with E-state index in [0.717, 1.165) is 12.0 Å². The lowest BCUT2D eigenvalue weighted by Crippen LogP contribution is -2.22. The molecule has 0 fully saturated rings. The molecule has 0 aromatic carbocycles. The van der Waals surface area contributed by atoms with E-state index in [2.05, 4.69) is 0 Å². The minimum atomic E-state index is -1.16. The summed E-state index contributed by atoms with van der Waals surface area (Å²) in [5.74, 6) is 0.201. The van der Waals surface area contributed by atoms with Gasteiger partial charge in [0.2, 0.25) is 0 Å². The molecule has 2 atom stereocenters. The number of hydrogen-bond donors (Lipinski definition) is 0. The Morgan fingerprint density at radius 2 is 2.07 bits per heavy atom. The summed E-state index contributed by atoms with van der Waals surface area (Å²) in [5.41, 5.74) is 0.984. The van der Waals surface area contributed by atoms with Crippen LogP contribution in [-0.2, 0) is 4.74 Å². The predicted octanol–water partition coefficient (Wildman–Crippen LogP) is 3.28. The maximum Gasteiger partial charge on any atom is 0.166 e. The van der Waals surface area contributed by atoms with Gasteiger partial charge in [-0.25, -0.2) is 8.78 Å². The summed E-state index contributed by atoms with van der Waals surface area (Å²) in [4.78, 5) is 0. The Hall–Kier alpha value is -0.860. The fraction of sp³-hybridized carbons (Fsp3) is 0.636. The number of hydrogen-bond acceptors (Lipinski definition) is 1. The summed E-state index contributed by atoms with van der Waals surface area (Å²) in [6.07, 6.45) is -0.0994. The van der Waals surface area contributed by atoms with Gasteiger partial charge in [0, 0.05) is 12.0 Å². The highest BCUT2D eigenvalue weighted by molar-refractivity contribution is 5.37. The third-order valence-electron chi connectivity index (χ3n) is 2.87. The van der Waals surface area contributed by atoms with Gasteiger partial charge in [-0.05, 0) is 24.8 Å². The Balaban J connectivity index is 2.35. The van der Waals surface area contributed by atoms with E-state index < -0.39 is 12.0 Å². The maximum atomic E-state index is 13.5. The van der Waals surface area contributed by atoms with Crippen molar-refractivity contribution in [2.24, 2.45) is 5.92 Å². The molecule has 0 amide bonds. The van der Waals surface area contributed by atoms with Gasteiger partial charge in [0.25, 0.3) is 0 Å². The third-order valence-corrected chi connectivity index (χ3v) is 2.87. The number of ether oxygens (including phenoxy) is 1. The van der Waals surface area contributed by atoms with Crippen molar-refractivity contribution in [2.75, 3.05) is 6.61 Å². The standard InChI is InChI=1S/C11H14F2O/c1-6-3-8-4-9(12)7(2)10(13)11(8)14-5-6/h6,9H,3-5H2,1-2H3/t6?,9-/m0/s1. The highest BCUT2D eigenvalue weighted by atomic mass is 19.1. The molecule has 2 aliphatic rings. The first-order valence-electron chi connectivity index (χ1n) is 4.95. The Morgan fingerprint density at radius 3 is 2.79 bits per heavy atom. The normalized spacial score (nSPS) is 32.9.